The van der Waals surface area contributed by atoms with E-state index in [4.69, 9.17) is 12.2 Å². The van der Waals surface area contributed by atoms with Crippen LogP contribution < -0.4 is 10.6 Å². The normalized spacial score (nSPS) is 10.3. The Kier molecular flexibility index (Phi) is 4.68. The number of nitrogens with zero attached hydrogens (tertiary/aromatic N) is 2. The summed E-state index contributed by atoms with van der Waals surface area (Å²) in [5.74, 6) is 0.729. The van der Waals surface area contributed by atoms with Crippen LogP contribution in [0.4, 0.5) is 11.5 Å². The first-order valence-corrected chi connectivity index (χ1v) is 7.82. The van der Waals surface area contributed by atoms with Crippen LogP contribution in [0.2, 0.25) is 0 Å². The Hall–Kier alpha value is -2.66. The summed E-state index contributed by atoms with van der Waals surface area (Å²) in [6.45, 7) is 2.85. The van der Waals surface area contributed by atoms with E-state index in [0.29, 0.717) is 5.11 Å². The zero-order valence-electron chi connectivity index (χ0n) is 12.9. The molecular weight excluding hydrogens is 304 g/mol. The number of hydrogen-bond donors (Lipinski definition) is 2. The molecule has 0 spiro atoms. The quantitative estimate of drug-likeness (QED) is 0.711. The molecule has 0 bridgehead atoms. The van der Waals surface area contributed by atoms with E-state index in [2.05, 4.69) is 34.8 Å². The summed E-state index contributed by atoms with van der Waals surface area (Å²) < 4.78 is 1.90. The fraction of sp³-hybridized carbons (Fsp3) is 0.111. The second-order valence-corrected chi connectivity index (χ2v) is 5.68. The first kappa shape index (κ1) is 15.2. The molecule has 3 rings (SSSR count). The van der Waals surface area contributed by atoms with E-state index in [1.54, 1.807) is 0 Å². The Morgan fingerprint density at radius 2 is 1.74 bits per heavy atom. The number of benzene rings is 2. The van der Waals surface area contributed by atoms with Gasteiger partial charge in [0, 0.05) is 18.0 Å². The Labute approximate surface area is 141 Å². The van der Waals surface area contributed by atoms with E-state index in [0.717, 1.165) is 18.1 Å². The van der Waals surface area contributed by atoms with Gasteiger partial charge in [0.05, 0.1) is 6.54 Å². The van der Waals surface area contributed by atoms with E-state index < -0.39 is 0 Å². The third kappa shape index (κ3) is 4.17. The van der Waals surface area contributed by atoms with E-state index in [-0.39, 0.29) is 0 Å². The average molecular weight is 322 g/mol. The predicted octanol–water partition coefficient (Wildman–Crippen LogP) is 4.05. The SMILES string of the molecule is Cc1ccccc1Cn1ccc(NC(=S)Nc2ccccc2)n1. The first-order chi connectivity index (χ1) is 11.2. The van der Waals surface area contributed by atoms with Crippen molar-refractivity contribution < 1.29 is 0 Å². The van der Waals surface area contributed by atoms with Crippen molar-refractivity contribution in [3.05, 3.63) is 78.0 Å². The fourth-order valence-corrected chi connectivity index (χ4v) is 2.50. The molecule has 2 aromatic carbocycles. The lowest BCUT2D eigenvalue weighted by Crippen LogP contribution is -2.19. The highest BCUT2D eigenvalue weighted by Crippen LogP contribution is 2.11. The van der Waals surface area contributed by atoms with Crippen LogP contribution in [0.1, 0.15) is 11.1 Å². The van der Waals surface area contributed by atoms with Gasteiger partial charge in [-0.1, -0.05) is 42.5 Å². The van der Waals surface area contributed by atoms with E-state index in [9.17, 15) is 0 Å². The van der Waals surface area contributed by atoms with Crippen molar-refractivity contribution in [3.8, 4) is 0 Å². The highest BCUT2D eigenvalue weighted by Gasteiger charge is 2.04. The summed E-state index contributed by atoms with van der Waals surface area (Å²) in [6, 6.07) is 20.0. The van der Waals surface area contributed by atoms with Crippen LogP contribution in [-0.4, -0.2) is 14.9 Å². The monoisotopic (exact) mass is 322 g/mol. The number of para-hydroxylation sites is 1. The van der Waals surface area contributed by atoms with Gasteiger partial charge in [0.2, 0.25) is 0 Å². The maximum atomic E-state index is 5.31. The molecule has 4 nitrogen and oxygen atoms in total. The molecule has 0 saturated heterocycles. The predicted molar refractivity (Wildman–Crippen MR) is 98.8 cm³/mol. The maximum Gasteiger partial charge on any atom is 0.176 e. The molecule has 0 aliphatic heterocycles. The standard InChI is InChI=1S/C18H18N4S/c1-14-7-5-6-8-15(14)13-22-12-11-17(21-22)20-18(23)19-16-9-3-2-4-10-16/h2-12H,13H2,1H3,(H2,19,20,21,23). The molecule has 23 heavy (non-hydrogen) atoms. The highest BCUT2D eigenvalue weighted by atomic mass is 32.1. The smallest absolute Gasteiger partial charge is 0.176 e. The van der Waals surface area contributed by atoms with Gasteiger partial charge in [0.15, 0.2) is 10.9 Å². The summed E-state index contributed by atoms with van der Waals surface area (Å²) in [7, 11) is 0. The number of thiocarbonyl (C=S) groups is 1. The Morgan fingerprint density at radius 1 is 1.00 bits per heavy atom. The Bertz CT molecular complexity index is 796. The second-order valence-electron chi connectivity index (χ2n) is 5.27. The van der Waals surface area contributed by atoms with E-state index in [1.165, 1.54) is 11.1 Å². The summed E-state index contributed by atoms with van der Waals surface area (Å²) in [5.41, 5.74) is 3.47. The molecule has 2 N–H and O–H groups in total. The number of aromatic nitrogens is 2. The number of hydrogen-bond acceptors (Lipinski definition) is 2. The summed E-state index contributed by atoms with van der Waals surface area (Å²) >= 11 is 5.31. The molecule has 0 atom stereocenters. The van der Waals surface area contributed by atoms with Gasteiger partial charge in [-0.05, 0) is 42.4 Å². The zero-order valence-corrected chi connectivity index (χ0v) is 13.7. The minimum Gasteiger partial charge on any atom is -0.332 e. The van der Waals surface area contributed by atoms with Crippen LogP contribution in [0.5, 0.6) is 0 Å². The molecule has 0 radical (unpaired) electrons. The number of nitrogens with one attached hydrogen (secondary N) is 2. The van der Waals surface area contributed by atoms with Crippen molar-refractivity contribution in [2.24, 2.45) is 0 Å². The van der Waals surface area contributed by atoms with Crippen molar-refractivity contribution in [2.45, 2.75) is 13.5 Å². The minimum atomic E-state index is 0.525. The van der Waals surface area contributed by atoms with Gasteiger partial charge >= 0.3 is 0 Å². The Morgan fingerprint density at radius 3 is 2.52 bits per heavy atom. The summed E-state index contributed by atoms with van der Waals surface area (Å²) in [6.07, 6.45) is 1.94. The lowest BCUT2D eigenvalue weighted by molar-refractivity contribution is 0.687. The largest absolute Gasteiger partial charge is 0.332 e. The lowest BCUT2D eigenvalue weighted by atomic mass is 10.1. The van der Waals surface area contributed by atoms with Crippen molar-refractivity contribution >= 4 is 28.8 Å². The van der Waals surface area contributed by atoms with Gasteiger partial charge in [-0.3, -0.25) is 4.68 Å². The topological polar surface area (TPSA) is 41.9 Å². The van der Waals surface area contributed by atoms with E-state index >= 15 is 0 Å². The molecule has 0 unspecified atom stereocenters. The van der Waals surface area contributed by atoms with Gasteiger partial charge < -0.3 is 10.6 Å². The van der Waals surface area contributed by atoms with Gasteiger partial charge in [-0.25, -0.2) is 0 Å². The molecule has 0 aliphatic carbocycles. The third-order valence-corrected chi connectivity index (χ3v) is 3.71. The van der Waals surface area contributed by atoms with Crippen LogP contribution >= 0.6 is 12.2 Å². The molecule has 1 aromatic heterocycles. The van der Waals surface area contributed by atoms with Crippen LogP contribution in [0.3, 0.4) is 0 Å². The maximum absolute atomic E-state index is 5.31. The fourth-order valence-electron chi connectivity index (χ4n) is 2.28. The minimum absolute atomic E-state index is 0.525. The van der Waals surface area contributed by atoms with Crippen LogP contribution in [0.15, 0.2) is 66.9 Å². The molecule has 3 aromatic rings. The van der Waals surface area contributed by atoms with Crippen LogP contribution in [0.25, 0.3) is 0 Å². The molecule has 0 fully saturated rings. The van der Waals surface area contributed by atoms with Gasteiger partial charge in [0.25, 0.3) is 0 Å². The molecule has 5 heteroatoms. The number of rotatable bonds is 4. The molecule has 116 valence electrons. The van der Waals surface area contributed by atoms with Crippen molar-refractivity contribution in [1.29, 1.82) is 0 Å². The third-order valence-electron chi connectivity index (χ3n) is 3.51. The van der Waals surface area contributed by atoms with Crippen molar-refractivity contribution in [1.82, 2.24) is 9.78 Å². The summed E-state index contributed by atoms with van der Waals surface area (Å²) in [5, 5.41) is 11.3. The molecule has 0 saturated carbocycles. The van der Waals surface area contributed by atoms with Crippen LogP contribution in [-0.2, 0) is 6.54 Å². The average Bonchev–Trinajstić information content (AvgIpc) is 2.97. The van der Waals surface area contributed by atoms with Gasteiger partial charge in [0.1, 0.15) is 0 Å². The molecule has 0 amide bonds. The van der Waals surface area contributed by atoms with Crippen LogP contribution in [0, 0.1) is 6.92 Å². The zero-order chi connectivity index (χ0) is 16.1. The second kappa shape index (κ2) is 7.07. The molecule has 0 aliphatic rings. The Balaban J connectivity index is 1.61. The van der Waals surface area contributed by atoms with Crippen molar-refractivity contribution in [3.63, 3.8) is 0 Å². The van der Waals surface area contributed by atoms with Crippen molar-refractivity contribution in [2.75, 3.05) is 10.6 Å². The van der Waals surface area contributed by atoms with Gasteiger partial charge in [-0.2, -0.15) is 5.10 Å². The molecule has 1 heterocycles. The number of aryl methyl sites for hydroxylation is 1. The summed E-state index contributed by atoms with van der Waals surface area (Å²) in [4.78, 5) is 0. The van der Waals surface area contributed by atoms with E-state index in [1.807, 2.05) is 59.4 Å². The number of anilines is 2. The highest BCUT2D eigenvalue weighted by molar-refractivity contribution is 7.80. The lowest BCUT2D eigenvalue weighted by Gasteiger charge is -2.08. The molecular formula is C18H18N4S. The first-order valence-electron chi connectivity index (χ1n) is 7.42. The van der Waals surface area contributed by atoms with Gasteiger partial charge in [-0.15, -0.1) is 0 Å².